The molecule has 3 aromatic carbocycles. The molecule has 0 radical (unpaired) electrons. The summed E-state index contributed by atoms with van der Waals surface area (Å²) >= 11 is 18.2. The van der Waals surface area contributed by atoms with Crippen molar-refractivity contribution in [1.82, 2.24) is 4.57 Å². The third-order valence-electron chi connectivity index (χ3n) is 5.42. The Hall–Kier alpha value is -3.20. The smallest absolute Gasteiger partial charge is 0.432 e. The molecule has 1 heterocycles. The molecule has 0 aliphatic rings. The van der Waals surface area contributed by atoms with E-state index >= 15 is 0 Å². The summed E-state index contributed by atoms with van der Waals surface area (Å²) in [4.78, 5) is 26.0. The molecule has 0 aliphatic carbocycles. The predicted octanol–water partition coefficient (Wildman–Crippen LogP) is 7.50. The number of fused-ring (bicyclic) bond motifs is 1. The van der Waals surface area contributed by atoms with Gasteiger partial charge >= 0.3 is 6.18 Å². The van der Waals surface area contributed by atoms with Gasteiger partial charge in [-0.05, 0) is 60.2 Å². The number of nitrogens with one attached hydrogen (secondary N) is 1. The lowest BCUT2D eigenvalue weighted by atomic mass is 10.0. The molecular weight excluding hydrogens is 540 g/mol. The third kappa shape index (κ3) is 5.16. The van der Waals surface area contributed by atoms with E-state index in [-0.39, 0.29) is 33.2 Å². The van der Waals surface area contributed by atoms with Gasteiger partial charge in [-0.2, -0.15) is 13.2 Å². The fourth-order valence-electron chi connectivity index (χ4n) is 3.81. The van der Waals surface area contributed by atoms with Crippen molar-refractivity contribution >= 4 is 63.1 Å². The number of nitrogens with zero attached hydrogens (tertiary/aromatic N) is 1. The van der Waals surface area contributed by atoms with E-state index in [4.69, 9.17) is 39.5 Å². The van der Waals surface area contributed by atoms with E-state index in [1.807, 2.05) is 0 Å². The average Bonchev–Trinajstić information content (AvgIpc) is 3.14. The molecule has 1 amide bonds. The summed E-state index contributed by atoms with van der Waals surface area (Å²) in [5.41, 5.74) is -1.51. The van der Waals surface area contributed by atoms with E-state index < -0.39 is 29.1 Å². The van der Waals surface area contributed by atoms with Crippen LogP contribution in [0.2, 0.25) is 15.1 Å². The van der Waals surface area contributed by atoms with E-state index in [9.17, 15) is 22.8 Å². The fourth-order valence-corrected chi connectivity index (χ4v) is 4.45. The second-order valence-electron chi connectivity index (χ2n) is 7.72. The number of methoxy groups -OCH3 is 1. The minimum Gasteiger partial charge on any atom is -0.497 e. The normalized spacial score (nSPS) is 11.5. The van der Waals surface area contributed by atoms with Crippen molar-refractivity contribution in [2.45, 2.75) is 12.7 Å². The number of benzene rings is 3. The number of Topliss-reactive ketones (excluding diaryl/α,β-unsaturated/α-hetero) is 1. The SMILES string of the molecule is COc1ccc(NC(=O)C(=O)c2c(C(F)(F)F)n(Cc3ccc(Cl)cc3Cl)c3ccc(Cl)cc23)cc1. The Morgan fingerprint density at radius 1 is 0.944 bits per heavy atom. The number of amides is 1. The van der Waals surface area contributed by atoms with Crippen molar-refractivity contribution in [3.63, 3.8) is 0 Å². The van der Waals surface area contributed by atoms with Crippen LogP contribution in [0.3, 0.4) is 0 Å². The summed E-state index contributed by atoms with van der Waals surface area (Å²) < 4.78 is 49.3. The van der Waals surface area contributed by atoms with Gasteiger partial charge in [0.1, 0.15) is 11.4 Å². The molecular formula is C25H16Cl3F3N2O3. The van der Waals surface area contributed by atoms with Gasteiger partial charge in [0.05, 0.1) is 12.7 Å². The van der Waals surface area contributed by atoms with Crippen LogP contribution in [0.15, 0.2) is 60.7 Å². The highest BCUT2D eigenvalue weighted by Crippen LogP contribution is 2.40. The number of ketones is 1. The van der Waals surface area contributed by atoms with Crippen LogP contribution < -0.4 is 10.1 Å². The maximum absolute atomic E-state index is 14.4. The van der Waals surface area contributed by atoms with E-state index in [2.05, 4.69) is 5.32 Å². The Bertz CT molecular complexity index is 1480. The molecule has 0 saturated heterocycles. The van der Waals surface area contributed by atoms with Crippen LogP contribution in [0.1, 0.15) is 21.6 Å². The summed E-state index contributed by atoms with van der Waals surface area (Å²) in [6.45, 7) is -0.337. The zero-order chi connectivity index (χ0) is 26.2. The van der Waals surface area contributed by atoms with Crippen LogP contribution >= 0.6 is 34.8 Å². The summed E-state index contributed by atoms with van der Waals surface area (Å²) in [7, 11) is 1.45. The first kappa shape index (κ1) is 25.9. The quantitative estimate of drug-likeness (QED) is 0.198. The van der Waals surface area contributed by atoms with Crippen LogP contribution in [0, 0.1) is 0 Å². The summed E-state index contributed by atoms with van der Waals surface area (Å²) in [5.74, 6) is -2.11. The molecule has 0 atom stereocenters. The monoisotopic (exact) mass is 554 g/mol. The molecule has 0 saturated carbocycles. The molecule has 0 aliphatic heterocycles. The summed E-state index contributed by atoms with van der Waals surface area (Å²) in [6, 6.07) is 14.3. The van der Waals surface area contributed by atoms with Crippen molar-refractivity contribution in [3.05, 3.63) is 92.6 Å². The van der Waals surface area contributed by atoms with Crippen molar-refractivity contribution in [1.29, 1.82) is 0 Å². The molecule has 0 bridgehead atoms. The number of alkyl halides is 3. The van der Waals surface area contributed by atoms with Crippen LogP contribution in [0.5, 0.6) is 5.75 Å². The number of carbonyl (C=O) groups excluding carboxylic acids is 2. The van der Waals surface area contributed by atoms with Gasteiger partial charge in [-0.1, -0.05) is 40.9 Å². The molecule has 186 valence electrons. The molecule has 0 fully saturated rings. The van der Waals surface area contributed by atoms with Gasteiger partial charge in [0, 0.05) is 38.2 Å². The number of halogens is 6. The average molecular weight is 556 g/mol. The van der Waals surface area contributed by atoms with Gasteiger partial charge in [0.25, 0.3) is 11.7 Å². The second kappa shape index (κ2) is 10.0. The summed E-state index contributed by atoms with van der Waals surface area (Å²) in [5, 5.41) is 2.78. The third-order valence-corrected chi connectivity index (χ3v) is 6.24. The van der Waals surface area contributed by atoms with Crippen molar-refractivity contribution in [2.75, 3.05) is 12.4 Å². The lowest BCUT2D eigenvalue weighted by Gasteiger charge is -2.15. The van der Waals surface area contributed by atoms with Crippen molar-refractivity contribution < 1.29 is 27.5 Å². The Labute approximate surface area is 218 Å². The zero-order valence-corrected chi connectivity index (χ0v) is 20.7. The van der Waals surface area contributed by atoms with E-state index in [1.54, 1.807) is 0 Å². The number of carbonyl (C=O) groups is 2. The number of hydrogen-bond donors (Lipinski definition) is 1. The molecule has 36 heavy (non-hydrogen) atoms. The first-order valence-corrected chi connectivity index (χ1v) is 11.5. The number of hydrogen-bond acceptors (Lipinski definition) is 3. The van der Waals surface area contributed by atoms with E-state index in [0.717, 1.165) is 4.57 Å². The van der Waals surface area contributed by atoms with Gasteiger partial charge in [0.15, 0.2) is 0 Å². The topological polar surface area (TPSA) is 60.3 Å². The Balaban J connectivity index is 1.86. The van der Waals surface area contributed by atoms with E-state index in [0.29, 0.717) is 16.3 Å². The van der Waals surface area contributed by atoms with Crippen molar-refractivity contribution in [3.8, 4) is 5.75 Å². The Morgan fingerprint density at radius 2 is 1.58 bits per heavy atom. The fraction of sp³-hybridized carbons (Fsp3) is 0.120. The van der Waals surface area contributed by atoms with Crippen LogP contribution in [0.4, 0.5) is 18.9 Å². The minimum atomic E-state index is -4.99. The standard InChI is InChI=1S/C25H16Cl3F3N2O3/c1-36-17-7-5-16(6-8-17)32-24(35)22(34)21-18-10-14(26)4-9-20(18)33(23(21)25(29,30)31)12-13-2-3-15(27)11-19(13)28/h2-11H,12H2,1H3,(H,32,35). The molecule has 1 aromatic heterocycles. The largest absolute Gasteiger partial charge is 0.497 e. The molecule has 0 spiro atoms. The Morgan fingerprint density at radius 3 is 2.19 bits per heavy atom. The Kier molecular flexibility index (Phi) is 7.22. The van der Waals surface area contributed by atoms with E-state index in [1.165, 1.54) is 67.8 Å². The van der Waals surface area contributed by atoms with Crippen molar-refractivity contribution in [2.24, 2.45) is 0 Å². The van der Waals surface area contributed by atoms with Crippen LogP contribution in [0.25, 0.3) is 10.9 Å². The van der Waals surface area contributed by atoms with Gasteiger partial charge in [-0.25, -0.2) is 0 Å². The maximum Gasteiger partial charge on any atom is 0.432 e. The molecule has 1 N–H and O–H groups in total. The first-order chi connectivity index (χ1) is 17.0. The highest BCUT2D eigenvalue weighted by atomic mass is 35.5. The first-order valence-electron chi connectivity index (χ1n) is 10.3. The predicted molar refractivity (Wildman–Crippen MR) is 133 cm³/mol. The van der Waals surface area contributed by atoms with Gasteiger partial charge < -0.3 is 14.6 Å². The number of rotatable bonds is 6. The highest BCUT2D eigenvalue weighted by molar-refractivity contribution is 6.49. The number of ether oxygens (including phenoxy) is 1. The lowest BCUT2D eigenvalue weighted by molar-refractivity contribution is -0.143. The summed E-state index contributed by atoms with van der Waals surface area (Å²) in [6.07, 6.45) is -4.99. The highest BCUT2D eigenvalue weighted by Gasteiger charge is 2.42. The zero-order valence-electron chi connectivity index (χ0n) is 18.4. The lowest BCUT2D eigenvalue weighted by Crippen LogP contribution is -2.26. The minimum absolute atomic E-state index is 0.0540. The maximum atomic E-state index is 14.4. The number of anilines is 1. The van der Waals surface area contributed by atoms with Gasteiger partial charge in [-0.3, -0.25) is 9.59 Å². The van der Waals surface area contributed by atoms with Crippen LogP contribution in [-0.4, -0.2) is 23.4 Å². The second-order valence-corrected chi connectivity index (χ2v) is 9.00. The van der Waals surface area contributed by atoms with Gasteiger partial charge in [0.2, 0.25) is 0 Å². The molecule has 5 nitrogen and oxygen atoms in total. The molecule has 11 heteroatoms. The molecule has 4 aromatic rings. The van der Waals surface area contributed by atoms with Crippen LogP contribution in [-0.2, 0) is 17.5 Å². The number of aromatic nitrogens is 1. The molecule has 0 unspecified atom stereocenters. The molecule has 4 rings (SSSR count). The van der Waals surface area contributed by atoms with Gasteiger partial charge in [-0.15, -0.1) is 0 Å².